The van der Waals surface area contributed by atoms with E-state index in [-0.39, 0.29) is 11.3 Å². The van der Waals surface area contributed by atoms with Crippen molar-refractivity contribution in [1.29, 1.82) is 0 Å². The minimum absolute atomic E-state index is 0.174. The fourth-order valence-electron chi connectivity index (χ4n) is 5.47. The Morgan fingerprint density at radius 1 is 0.806 bits per heavy atom. The Bertz CT molecular complexity index is 861. The van der Waals surface area contributed by atoms with Crippen LogP contribution in [0.2, 0.25) is 0 Å². The molecule has 0 atom stereocenters. The van der Waals surface area contributed by atoms with E-state index in [4.69, 9.17) is 4.74 Å². The Kier molecular flexibility index (Phi) is 6.64. The molecule has 0 N–H and O–H groups in total. The van der Waals surface area contributed by atoms with Gasteiger partial charge >= 0.3 is 6.11 Å². The van der Waals surface area contributed by atoms with Crippen molar-refractivity contribution in [2.24, 2.45) is 17.8 Å². The van der Waals surface area contributed by atoms with E-state index in [2.05, 4.69) is 6.92 Å². The van der Waals surface area contributed by atoms with Gasteiger partial charge < -0.3 is 4.74 Å². The van der Waals surface area contributed by atoms with Gasteiger partial charge in [0.25, 0.3) is 0 Å². The van der Waals surface area contributed by atoms with Crippen molar-refractivity contribution >= 4 is 0 Å². The minimum atomic E-state index is -3.50. The van der Waals surface area contributed by atoms with Gasteiger partial charge in [-0.1, -0.05) is 38.0 Å². The summed E-state index contributed by atoms with van der Waals surface area (Å²) < 4.78 is 47.7. The first kappa shape index (κ1) is 22.2. The molecule has 4 rings (SSSR count). The molecule has 2 aromatic rings. The monoisotopic (exact) mass is 430 g/mol. The molecule has 0 unspecified atom stereocenters. The van der Waals surface area contributed by atoms with Gasteiger partial charge in [-0.15, -0.1) is 0 Å². The standard InChI is InChI=1S/C27H33F3O/c1-18-3-6-20(7-4-18)21-8-10-22(11-9-21)23-12-14-24(15-13-23)27(29,30)31-25-16-5-19(2)26(28)17-25/h5,12-18,20-22H,3-4,6-11H2,1-2H3. The largest absolute Gasteiger partial charge is 0.429 e. The summed E-state index contributed by atoms with van der Waals surface area (Å²) in [6.07, 6.45) is 6.80. The van der Waals surface area contributed by atoms with Crippen molar-refractivity contribution in [3.05, 3.63) is 65.0 Å². The highest BCUT2D eigenvalue weighted by Crippen LogP contribution is 2.44. The molecule has 0 radical (unpaired) electrons. The van der Waals surface area contributed by atoms with E-state index >= 15 is 0 Å². The maximum absolute atomic E-state index is 14.6. The van der Waals surface area contributed by atoms with Gasteiger partial charge in [0.2, 0.25) is 0 Å². The van der Waals surface area contributed by atoms with Crippen LogP contribution in [-0.2, 0) is 6.11 Å². The summed E-state index contributed by atoms with van der Waals surface area (Å²) in [5, 5.41) is 0. The van der Waals surface area contributed by atoms with E-state index in [0.717, 1.165) is 42.2 Å². The Balaban J connectivity index is 1.35. The molecule has 0 amide bonds. The van der Waals surface area contributed by atoms with Crippen LogP contribution in [0.5, 0.6) is 5.75 Å². The molecule has 0 heterocycles. The average molecular weight is 431 g/mol. The van der Waals surface area contributed by atoms with Gasteiger partial charge in [-0.2, -0.15) is 8.78 Å². The lowest BCUT2D eigenvalue weighted by Crippen LogP contribution is -2.25. The molecule has 2 aliphatic carbocycles. The van der Waals surface area contributed by atoms with Crippen LogP contribution in [0.4, 0.5) is 13.2 Å². The van der Waals surface area contributed by atoms with Crippen LogP contribution in [0, 0.1) is 30.5 Å². The van der Waals surface area contributed by atoms with E-state index in [9.17, 15) is 13.2 Å². The lowest BCUT2D eigenvalue weighted by atomic mass is 9.68. The predicted octanol–water partition coefficient (Wildman–Crippen LogP) is 8.36. The van der Waals surface area contributed by atoms with Crippen molar-refractivity contribution in [3.8, 4) is 5.75 Å². The van der Waals surface area contributed by atoms with Crippen molar-refractivity contribution in [1.82, 2.24) is 0 Å². The fraction of sp³-hybridized carbons (Fsp3) is 0.556. The summed E-state index contributed by atoms with van der Waals surface area (Å²) in [4.78, 5) is 0. The summed E-state index contributed by atoms with van der Waals surface area (Å²) in [5.74, 6) is 2.35. The molecule has 31 heavy (non-hydrogen) atoms. The normalized spacial score (nSPS) is 27.1. The Morgan fingerprint density at radius 2 is 1.39 bits per heavy atom. The maximum atomic E-state index is 14.6. The first-order valence-electron chi connectivity index (χ1n) is 11.7. The Labute approximate surface area is 184 Å². The van der Waals surface area contributed by atoms with Crippen LogP contribution < -0.4 is 4.74 Å². The van der Waals surface area contributed by atoms with Crippen LogP contribution in [-0.4, -0.2) is 0 Å². The second kappa shape index (κ2) is 9.26. The number of aryl methyl sites for hydroxylation is 1. The van der Waals surface area contributed by atoms with Crippen LogP contribution in [0.3, 0.4) is 0 Å². The SMILES string of the molecule is Cc1ccc(OC(F)(F)c2ccc(C3CCC(C4CCC(C)CC4)CC3)cc2)cc1F. The molecule has 2 fully saturated rings. The number of ether oxygens (including phenoxy) is 1. The van der Waals surface area contributed by atoms with Gasteiger partial charge in [0.1, 0.15) is 11.6 Å². The molecule has 168 valence electrons. The first-order chi connectivity index (χ1) is 14.8. The molecule has 4 heteroatoms. The van der Waals surface area contributed by atoms with E-state index in [1.54, 1.807) is 6.92 Å². The van der Waals surface area contributed by atoms with Crippen molar-refractivity contribution in [3.63, 3.8) is 0 Å². The molecule has 1 nitrogen and oxygen atoms in total. The molecular weight excluding hydrogens is 397 g/mol. The first-order valence-corrected chi connectivity index (χ1v) is 11.7. The smallest absolute Gasteiger partial charge is 0.426 e. The van der Waals surface area contributed by atoms with E-state index < -0.39 is 11.9 Å². The summed E-state index contributed by atoms with van der Waals surface area (Å²) in [6, 6.07) is 10.3. The molecular formula is C27H33F3O. The zero-order chi connectivity index (χ0) is 22.0. The van der Waals surface area contributed by atoms with E-state index in [1.807, 2.05) is 12.1 Å². The third-order valence-corrected chi connectivity index (χ3v) is 7.61. The van der Waals surface area contributed by atoms with Crippen LogP contribution >= 0.6 is 0 Å². The Hall–Kier alpha value is -1.97. The fourth-order valence-corrected chi connectivity index (χ4v) is 5.47. The summed E-state index contributed by atoms with van der Waals surface area (Å²) in [6.45, 7) is 3.95. The lowest BCUT2D eigenvalue weighted by molar-refractivity contribution is -0.185. The second-order valence-corrected chi connectivity index (χ2v) is 9.78. The van der Waals surface area contributed by atoms with E-state index in [0.29, 0.717) is 11.5 Å². The number of halogens is 3. The van der Waals surface area contributed by atoms with Gasteiger partial charge in [-0.05, 0) is 98.4 Å². The van der Waals surface area contributed by atoms with Gasteiger partial charge in [-0.3, -0.25) is 0 Å². The zero-order valence-corrected chi connectivity index (χ0v) is 18.5. The van der Waals surface area contributed by atoms with Crippen molar-refractivity contribution in [2.45, 2.75) is 77.2 Å². The molecule has 2 aromatic carbocycles. The third-order valence-electron chi connectivity index (χ3n) is 7.61. The van der Waals surface area contributed by atoms with E-state index in [1.165, 1.54) is 62.8 Å². The summed E-state index contributed by atoms with van der Waals surface area (Å²) >= 11 is 0. The second-order valence-electron chi connectivity index (χ2n) is 9.78. The summed E-state index contributed by atoms with van der Waals surface area (Å²) in [7, 11) is 0. The van der Waals surface area contributed by atoms with Crippen molar-refractivity contribution < 1.29 is 17.9 Å². The van der Waals surface area contributed by atoms with Crippen LogP contribution in [0.1, 0.15) is 80.9 Å². The number of alkyl halides is 2. The topological polar surface area (TPSA) is 9.23 Å². The average Bonchev–Trinajstić information content (AvgIpc) is 2.77. The molecule has 0 saturated heterocycles. The molecule has 0 aliphatic heterocycles. The summed E-state index contributed by atoms with van der Waals surface area (Å²) in [5.41, 5.74) is 1.33. The number of hydrogen-bond donors (Lipinski definition) is 0. The van der Waals surface area contributed by atoms with Gasteiger partial charge in [-0.25, -0.2) is 4.39 Å². The molecule has 2 aliphatic rings. The van der Waals surface area contributed by atoms with Crippen LogP contribution in [0.15, 0.2) is 42.5 Å². The van der Waals surface area contributed by atoms with Gasteiger partial charge in [0.15, 0.2) is 0 Å². The predicted molar refractivity (Wildman–Crippen MR) is 118 cm³/mol. The highest BCUT2D eigenvalue weighted by molar-refractivity contribution is 5.31. The molecule has 0 aromatic heterocycles. The highest BCUT2D eigenvalue weighted by atomic mass is 19.3. The zero-order valence-electron chi connectivity index (χ0n) is 18.5. The van der Waals surface area contributed by atoms with Crippen molar-refractivity contribution in [2.75, 3.05) is 0 Å². The maximum Gasteiger partial charge on any atom is 0.426 e. The highest BCUT2D eigenvalue weighted by Gasteiger charge is 2.35. The Morgan fingerprint density at radius 3 is 1.97 bits per heavy atom. The minimum Gasteiger partial charge on any atom is -0.429 e. The van der Waals surface area contributed by atoms with Gasteiger partial charge in [0, 0.05) is 6.07 Å². The molecule has 2 saturated carbocycles. The van der Waals surface area contributed by atoms with Gasteiger partial charge in [0.05, 0.1) is 5.56 Å². The molecule has 0 spiro atoms. The van der Waals surface area contributed by atoms with Crippen LogP contribution in [0.25, 0.3) is 0 Å². The number of hydrogen-bond acceptors (Lipinski definition) is 1. The lowest BCUT2D eigenvalue weighted by Gasteiger charge is -2.37. The third kappa shape index (κ3) is 5.27. The quantitative estimate of drug-likeness (QED) is 0.463. The number of benzene rings is 2. The number of rotatable bonds is 5. The molecule has 0 bridgehead atoms.